The molecule has 3 atom stereocenters. The molecule has 98 valence electrons. The molecule has 0 aliphatic heterocycles. The van der Waals surface area contributed by atoms with E-state index in [2.05, 4.69) is 31.1 Å². The molecule has 0 N–H and O–H groups in total. The normalized spacial score (nSPS) is 16.8. The second kappa shape index (κ2) is 6.74. The molecule has 3 unspecified atom stereocenters. The molecule has 1 aromatic heterocycles. The predicted molar refractivity (Wildman–Crippen MR) is 68.9 cm³/mol. The molecule has 4 heteroatoms. The summed E-state index contributed by atoms with van der Waals surface area (Å²) in [5.74, 6) is 0.997. The Morgan fingerprint density at radius 2 is 2.12 bits per heavy atom. The van der Waals surface area contributed by atoms with Crippen LogP contribution < -0.4 is 0 Å². The highest BCUT2D eigenvalue weighted by molar-refractivity contribution is 5.00. The molecular formula is C13H25N3O. The van der Waals surface area contributed by atoms with Crippen molar-refractivity contribution >= 4 is 0 Å². The van der Waals surface area contributed by atoms with Gasteiger partial charge in [0.1, 0.15) is 0 Å². The summed E-state index contributed by atoms with van der Waals surface area (Å²) >= 11 is 0. The van der Waals surface area contributed by atoms with E-state index in [4.69, 9.17) is 4.74 Å². The lowest BCUT2D eigenvalue weighted by Gasteiger charge is -2.24. The fourth-order valence-corrected chi connectivity index (χ4v) is 2.26. The number of methoxy groups -OCH3 is 1. The summed E-state index contributed by atoms with van der Waals surface area (Å²) in [4.78, 5) is 0. The van der Waals surface area contributed by atoms with Crippen molar-refractivity contribution in [3.8, 4) is 0 Å². The molecular weight excluding hydrogens is 214 g/mol. The van der Waals surface area contributed by atoms with E-state index in [0.29, 0.717) is 17.9 Å². The van der Waals surface area contributed by atoms with Gasteiger partial charge >= 0.3 is 0 Å². The average Bonchev–Trinajstić information content (AvgIpc) is 2.72. The Bertz CT molecular complexity index is 324. The summed E-state index contributed by atoms with van der Waals surface area (Å²) in [5.41, 5.74) is 1.05. The second-order valence-electron chi connectivity index (χ2n) is 4.99. The minimum atomic E-state index is 0.312. The van der Waals surface area contributed by atoms with Gasteiger partial charge in [0.15, 0.2) is 0 Å². The van der Waals surface area contributed by atoms with E-state index in [1.165, 1.54) is 12.8 Å². The first-order valence-corrected chi connectivity index (χ1v) is 6.47. The van der Waals surface area contributed by atoms with Crippen LogP contribution in [0.4, 0.5) is 0 Å². The fraction of sp³-hybridized carbons (Fsp3) is 0.846. The Morgan fingerprint density at radius 3 is 2.59 bits per heavy atom. The van der Waals surface area contributed by atoms with Gasteiger partial charge in [-0.25, -0.2) is 0 Å². The Balaban J connectivity index is 2.55. The SMILES string of the molecule is CCCC(C)C(CC(C)c1cn(C)nn1)OC. The van der Waals surface area contributed by atoms with Gasteiger partial charge in [-0.3, -0.25) is 4.68 Å². The molecule has 4 nitrogen and oxygen atoms in total. The van der Waals surface area contributed by atoms with E-state index in [9.17, 15) is 0 Å². The van der Waals surface area contributed by atoms with Crippen molar-refractivity contribution in [2.75, 3.05) is 7.11 Å². The van der Waals surface area contributed by atoms with Crippen molar-refractivity contribution in [3.63, 3.8) is 0 Å². The third kappa shape index (κ3) is 4.11. The van der Waals surface area contributed by atoms with Crippen molar-refractivity contribution in [2.24, 2.45) is 13.0 Å². The average molecular weight is 239 g/mol. The summed E-state index contributed by atoms with van der Waals surface area (Å²) < 4.78 is 7.36. The maximum absolute atomic E-state index is 5.61. The van der Waals surface area contributed by atoms with E-state index in [-0.39, 0.29) is 0 Å². The van der Waals surface area contributed by atoms with Gasteiger partial charge in [0.2, 0.25) is 0 Å². The molecule has 0 amide bonds. The zero-order valence-corrected chi connectivity index (χ0v) is 11.7. The molecule has 1 heterocycles. The Kier molecular flexibility index (Phi) is 5.62. The number of aryl methyl sites for hydroxylation is 1. The number of hydrogen-bond acceptors (Lipinski definition) is 3. The molecule has 1 aromatic rings. The van der Waals surface area contributed by atoms with Crippen molar-refractivity contribution in [1.29, 1.82) is 0 Å². The molecule has 0 aliphatic carbocycles. The summed E-state index contributed by atoms with van der Waals surface area (Å²) in [6.07, 6.45) is 5.73. The molecule has 0 saturated carbocycles. The molecule has 0 fully saturated rings. The molecule has 17 heavy (non-hydrogen) atoms. The van der Waals surface area contributed by atoms with E-state index in [1.807, 2.05) is 13.2 Å². The van der Waals surface area contributed by atoms with Gasteiger partial charge in [-0.05, 0) is 18.8 Å². The monoisotopic (exact) mass is 239 g/mol. The van der Waals surface area contributed by atoms with Gasteiger partial charge < -0.3 is 4.74 Å². The second-order valence-corrected chi connectivity index (χ2v) is 4.99. The lowest BCUT2D eigenvalue weighted by molar-refractivity contribution is 0.0436. The van der Waals surface area contributed by atoms with Gasteiger partial charge in [0, 0.05) is 26.3 Å². The Hall–Kier alpha value is -0.900. The van der Waals surface area contributed by atoms with Crippen LogP contribution in [0.1, 0.15) is 51.6 Å². The van der Waals surface area contributed by atoms with E-state index < -0.39 is 0 Å². The first-order valence-electron chi connectivity index (χ1n) is 6.47. The third-order valence-corrected chi connectivity index (χ3v) is 3.39. The van der Waals surface area contributed by atoms with E-state index >= 15 is 0 Å². The molecule has 0 aromatic carbocycles. The van der Waals surface area contributed by atoms with Crippen LogP contribution in [-0.2, 0) is 11.8 Å². The van der Waals surface area contributed by atoms with Crippen molar-refractivity contribution < 1.29 is 4.74 Å². The lowest BCUT2D eigenvalue weighted by atomic mass is 9.90. The van der Waals surface area contributed by atoms with Crippen LogP contribution in [0.15, 0.2) is 6.20 Å². The van der Waals surface area contributed by atoms with Gasteiger partial charge in [-0.2, -0.15) is 0 Å². The maximum Gasteiger partial charge on any atom is 0.0856 e. The minimum Gasteiger partial charge on any atom is -0.381 e. The van der Waals surface area contributed by atoms with Gasteiger partial charge in [0.05, 0.1) is 11.8 Å². The highest BCUT2D eigenvalue weighted by Crippen LogP contribution is 2.25. The standard InChI is InChI=1S/C13H25N3O/c1-6-7-10(2)13(17-5)8-11(3)12-9-16(4)15-14-12/h9-11,13H,6-8H2,1-5H3. The first-order chi connectivity index (χ1) is 8.08. The number of aromatic nitrogens is 3. The highest BCUT2D eigenvalue weighted by atomic mass is 16.5. The highest BCUT2D eigenvalue weighted by Gasteiger charge is 2.21. The number of ether oxygens (including phenoxy) is 1. The number of hydrogen-bond donors (Lipinski definition) is 0. The largest absolute Gasteiger partial charge is 0.381 e. The quantitative estimate of drug-likeness (QED) is 0.734. The van der Waals surface area contributed by atoms with Crippen molar-refractivity contribution in [2.45, 2.75) is 52.1 Å². The molecule has 0 spiro atoms. The minimum absolute atomic E-state index is 0.312. The molecule has 0 bridgehead atoms. The lowest BCUT2D eigenvalue weighted by Crippen LogP contribution is -2.22. The molecule has 0 saturated heterocycles. The summed E-state index contributed by atoms with van der Waals surface area (Å²) in [6.45, 7) is 6.67. The molecule has 1 rings (SSSR count). The van der Waals surface area contributed by atoms with Crippen LogP contribution in [0.5, 0.6) is 0 Å². The van der Waals surface area contributed by atoms with Crippen molar-refractivity contribution in [3.05, 3.63) is 11.9 Å². The van der Waals surface area contributed by atoms with Crippen LogP contribution in [0, 0.1) is 5.92 Å². The van der Waals surface area contributed by atoms with Gasteiger partial charge in [-0.15, -0.1) is 5.10 Å². The Morgan fingerprint density at radius 1 is 1.41 bits per heavy atom. The maximum atomic E-state index is 5.61. The smallest absolute Gasteiger partial charge is 0.0856 e. The van der Waals surface area contributed by atoms with Crippen LogP contribution in [-0.4, -0.2) is 28.2 Å². The van der Waals surface area contributed by atoms with Crippen LogP contribution >= 0.6 is 0 Å². The first kappa shape index (κ1) is 14.2. The van der Waals surface area contributed by atoms with Crippen LogP contribution in [0.25, 0.3) is 0 Å². The van der Waals surface area contributed by atoms with E-state index in [0.717, 1.165) is 12.1 Å². The fourth-order valence-electron chi connectivity index (χ4n) is 2.26. The van der Waals surface area contributed by atoms with Crippen LogP contribution in [0.2, 0.25) is 0 Å². The Labute approximate surface area is 104 Å². The number of rotatable bonds is 7. The predicted octanol–water partition coefficient (Wildman–Crippen LogP) is 2.76. The summed E-state index contributed by atoms with van der Waals surface area (Å²) in [5, 5.41) is 8.14. The van der Waals surface area contributed by atoms with E-state index in [1.54, 1.807) is 11.8 Å². The van der Waals surface area contributed by atoms with Crippen molar-refractivity contribution in [1.82, 2.24) is 15.0 Å². The summed E-state index contributed by atoms with van der Waals surface area (Å²) in [7, 11) is 3.71. The summed E-state index contributed by atoms with van der Waals surface area (Å²) in [6, 6.07) is 0. The molecule has 0 radical (unpaired) electrons. The molecule has 0 aliphatic rings. The van der Waals surface area contributed by atoms with Gasteiger partial charge in [0.25, 0.3) is 0 Å². The zero-order valence-electron chi connectivity index (χ0n) is 11.7. The third-order valence-electron chi connectivity index (χ3n) is 3.39. The number of nitrogens with zero attached hydrogens (tertiary/aromatic N) is 3. The van der Waals surface area contributed by atoms with Gasteiger partial charge in [-0.1, -0.05) is 32.4 Å². The van der Waals surface area contributed by atoms with Crippen LogP contribution in [0.3, 0.4) is 0 Å². The topological polar surface area (TPSA) is 39.9 Å². The zero-order chi connectivity index (χ0) is 12.8.